The zero-order chi connectivity index (χ0) is 13.2. The Labute approximate surface area is 101 Å². The van der Waals surface area contributed by atoms with E-state index in [0.29, 0.717) is 6.20 Å². The average molecular weight is 254 g/mol. The molecule has 94 valence electrons. The van der Waals surface area contributed by atoms with Crippen molar-refractivity contribution in [2.45, 2.75) is 12.7 Å². The fraction of sp³-hybridized carbons (Fsp3) is 0.167. The van der Waals surface area contributed by atoms with Gasteiger partial charge in [-0.05, 0) is 24.3 Å². The van der Waals surface area contributed by atoms with Crippen molar-refractivity contribution in [2.24, 2.45) is 0 Å². The van der Waals surface area contributed by atoms with Crippen LogP contribution < -0.4 is 0 Å². The lowest BCUT2D eigenvalue weighted by atomic mass is 10.2. The molecule has 3 nitrogen and oxygen atoms in total. The molecule has 0 aliphatic carbocycles. The molecule has 0 radical (unpaired) electrons. The van der Waals surface area contributed by atoms with Crippen LogP contribution in [-0.2, 0) is 12.7 Å². The minimum absolute atomic E-state index is 0.0247. The Morgan fingerprint density at radius 1 is 1.22 bits per heavy atom. The second kappa shape index (κ2) is 4.64. The number of ketones is 1. The zero-order valence-electron chi connectivity index (χ0n) is 9.19. The van der Waals surface area contributed by atoms with Gasteiger partial charge in [0.1, 0.15) is 5.69 Å². The highest BCUT2D eigenvalue weighted by Crippen LogP contribution is 2.28. The Balaban J connectivity index is 2.12. The van der Waals surface area contributed by atoms with E-state index >= 15 is 0 Å². The van der Waals surface area contributed by atoms with Gasteiger partial charge in [0.05, 0.1) is 12.1 Å². The number of carbonyl (C=O) groups is 1. The van der Waals surface area contributed by atoms with E-state index in [2.05, 4.69) is 4.98 Å². The van der Waals surface area contributed by atoms with Crippen LogP contribution in [0.1, 0.15) is 16.1 Å². The van der Waals surface area contributed by atoms with Crippen LogP contribution in [0.2, 0.25) is 0 Å². The van der Waals surface area contributed by atoms with E-state index in [4.69, 9.17) is 0 Å². The number of halogens is 3. The predicted octanol–water partition coefficient (Wildman–Crippen LogP) is 2.78. The van der Waals surface area contributed by atoms with E-state index in [9.17, 15) is 18.0 Å². The zero-order valence-corrected chi connectivity index (χ0v) is 9.19. The first kappa shape index (κ1) is 12.3. The van der Waals surface area contributed by atoms with Gasteiger partial charge in [-0.3, -0.25) is 9.78 Å². The van der Waals surface area contributed by atoms with E-state index in [1.165, 1.54) is 0 Å². The summed E-state index contributed by atoms with van der Waals surface area (Å²) in [6, 6.07) is 5.46. The molecule has 0 N–H and O–H groups in total. The normalized spacial score (nSPS) is 11.5. The highest BCUT2D eigenvalue weighted by atomic mass is 19.4. The molecule has 2 heterocycles. The number of nitrogens with zero attached hydrogens (tertiary/aromatic N) is 2. The molecular weight excluding hydrogens is 245 g/mol. The van der Waals surface area contributed by atoms with Crippen LogP contribution in [0.25, 0.3) is 0 Å². The molecular formula is C12H9F3N2O. The maximum Gasteiger partial charge on any atom is 0.417 e. The second-order valence-corrected chi connectivity index (χ2v) is 3.71. The summed E-state index contributed by atoms with van der Waals surface area (Å²) in [5.74, 6) is -0.333. The lowest BCUT2D eigenvalue weighted by Crippen LogP contribution is -2.12. The Morgan fingerprint density at radius 3 is 2.39 bits per heavy atom. The van der Waals surface area contributed by atoms with Crippen molar-refractivity contribution in [3.8, 4) is 0 Å². The lowest BCUT2D eigenvalue weighted by molar-refractivity contribution is -0.137. The summed E-state index contributed by atoms with van der Waals surface area (Å²) in [7, 11) is 0. The molecule has 0 amide bonds. The summed E-state index contributed by atoms with van der Waals surface area (Å²) >= 11 is 0. The van der Waals surface area contributed by atoms with Gasteiger partial charge in [0.2, 0.25) is 5.78 Å². The number of rotatable bonds is 3. The maximum atomic E-state index is 12.3. The molecule has 0 bridgehead atoms. The predicted molar refractivity (Wildman–Crippen MR) is 58.0 cm³/mol. The Hall–Kier alpha value is -2.11. The average Bonchev–Trinajstić information content (AvgIpc) is 2.81. The number of hydrogen-bond acceptors (Lipinski definition) is 2. The first-order chi connectivity index (χ1) is 8.47. The van der Waals surface area contributed by atoms with Crippen LogP contribution >= 0.6 is 0 Å². The highest BCUT2D eigenvalue weighted by molar-refractivity contribution is 5.94. The summed E-state index contributed by atoms with van der Waals surface area (Å²) in [5, 5.41) is 0. The second-order valence-electron chi connectivity index (χ2n) is 3.71. The molecule has 0 aromatic carbocycles. The summed E-state index contributed by atoms with van der Waals surface area (Å²) in [6.45, 7) is 0.0609. The maximum absolute atomic E-state index is 12.3. The summed E-state index contributed by atoms with van der Waals surface area (Å²) < 4.78 is 38.5. The first-order valence-electron chi connectivity index (χ1n) is 5.14. The molecule has 0 unspecified atom stereocenters. The monoisotopic (exact) mass is 254 g/mol. The molecule has 0 fully saturated rings. The van der Waals surface area contributed by atoms with Gasteiger partial charge >= 0.3 is 6.18 Å². The Bertz CT molecular complexity index is 529. The highest BCUT2D eigenvalue weighted by Gasteiger charge is 2.30. The van der Waals surface area contributed by atoms with Gasteiger partial charge in [-0.2, -0.15) is 13.2 Å². The lowest BCUT2D eigenvalue weighted by Gasteiger charge is -2.06. The first-order valence-corrected chi connectivity index (χ1v) is 5.14. The minimum Gasteiger partial charge on any atom is -0.346 e. The van der Waals surface area contributed by atoms with Crippen molar-refractivity contribution in [1.82, 2.24) is 9.55 Å². The topological polar surface area (TPSA) is 34.9 Å². The number of aromatic nitrogens is 2. The molecule has 0 aliphatic rings. The van der Waals surface area contributed by atoms with Crippen LogP contribution in [0.4, 0.5) is 13.2 Å². The van der Waals surface area contributed by atoms with E-state index in [1.54, 1.807) is 29.1 Å². The van der Waals surface area contributed by atoms with Crippen LogP contribution in [0.3, 0.4) is 0 Å². The van der Waals surface area contributed by atoms with Crippen molar-refractivity contribution in [1.29, 1.82) is 0 Å². The summed E-state index contributed by atoms with van der Waals surface area (Å²) in [6.07, 6.45) is -0.373. The molecule has 18 heavy (non-hydrogen) atoms. The Morgan fingerprint density at radius 2 is 1.89 bits per heavy atom. The molecule has 2 rings (SSSR count). The van der Waals surface area contributed by atoms with Crippen LogP contribution in [-0.4, -0.2) is 15.3 Å². The molecule has 0 saturated carbocycles. The standard InChI is InChI=1S/C12H9F3N2O/c13-12(14,15)9-3-4-10(16-7-9)11(18)8-17-5-1-2-6-17/h1-7H,8H2. The van der Waals surface area contributed by atoms with Gasteiger partial charge in [0, 0.05) is 18.6 Å². The number of hydrogen-bond donors (Lipinski definition) is 0. The molecule has 0 atom stereocenters. The van der Waals surface area contributed by atoms with E-state index in [-0.39, 0.29) is 18.0 Å². The fourth-order valence-corrected chi connectivity index (χ4v) is 1.45. The van der Waals surface area contributed by atoms with Gasteiger partial charge in [0.15, 0.2) is 0 Å². The largest absolute Gasteiger partial charge is 0.417 e. The third-order valence-corrected chi connectivity index (χ3v) is 2.37. The van der Waals surface area contributed by atoms with Gasteiger partial charge in [-0.1, -0.05) is 0 Å². The van der Waals surface area contributed by atoms with Gasteiger partial charge < -0.3 is 4.57 Å². The van der Waals surface area contributed by atoms with E-state index < -0.39 is 11.7 Å². The number of carbonyl (C=O) groups excluding carboxylic acids is 1. The van der Waals surface area contributed by atoms with Crippen molar-refractivity contribution in [3.05, 3.63) is 54.1 Å². The summed E-state index contributed by atoms with van der Waals surface area (Å²) in [4.78, 5) is 15.3. The third kappa shape index (κ3) is 2.77. The van der Waals surface area contributed by atoms with Gasteiger partial charge in [-0.25, -0.2) is 0 Å². The third-order valence-electron chi connectivity index (χ3n) is 2.37. The van der Waals surface area contributed by atoms with Crippen molar-refractivity contribution >= 4 is 5.78 Å². The molecule has 2 aromatic heterocycles. The van der Waals surface area contributed by atoms with Crippen LogP contribution in [0.5, 0.6) is 0 Å². The van der Waals surface area contributed by atoms with Crippen molar-refractivity contribution in [2.75, 3.05) is 0 Å². The van der Waals surface area contributed by atoms with Gasteiger partial charge in [0.25, 0.3) is 0 Å². The van der Waals surface area contributed by atoms with E-state index in [1.807, 2.05) is 0 Å². The van der Waals surface area contributed by atoms with Crippen LogP contribution in [0.15, 0.2) is 42.9 Å². The van der Waals surface area contributed by atoms with Crippen molar-refractivity contribution < 1.29 is 18.0 Å². The number of pyridine rings is 1. The molecule has 6 heteroatoms. The van der Waals surface area contributed by atoms with Crippen molar-refractivity contribution in [3.63, 3.8) is 0 Å². The molecule has 0 spiro atoms. The summed E-state index contributed by atoms with van der Waals surface area (Å²) in [5.41, 5.74) is -0.836. The van der Waals surface area contributed by atoms with Gasteiger partial charge in [-0.15, -0.1) is 0 Å². The molecule has 0 aliphatic heterocycles. The number of Topliss-reactive ketones (excluding diaryl/α,β-unsaturated/α-hetero) is 1. The Kier molecular flexibility index (Phi) is 3.18. The minimum atomic E-state index is -4.44. The smallest absolute Gasteiger partial charge is 0.346 e. The molecule has 2 aromatic rings. The van der Waals surface area contributed by atoms with Crippen LogP contribution in [0, 0.1) is 0 Å². The SMILES string of the molecule is O=C(Cn1cccc1)c1ccc(C(F)(F)F)cn1. The fourth-order valence-electron chi connectivity index (χ4n) is 1.45. The van der Waals surface area contributed by atoms with E-state index in [0.717, 1.165) is 12.1 Å². The number of alkyl halides is 3. The molecule has 0 saturated heterocycles. The quantitative estimate of drug-likeness (QED) is 0.789.